The molecule has 0 aromatic heterocycles. The minimum Gasteiger partial charge on any atom is -0.330 e. The summed E-state index contributed by atoms with van der Waals surface area (Å²) in [6, 6.07) is 6.56. The van der Waals surface area contributed by atoms with Crippen molar-refractivity contribution in [2.24, 2.45) is 5.73 Å². The van der Waals surface area contributed by atoms with E-state index in [-0.39, 0.29) is 0 Å². The Kier molecular flexibility index (Phi) is 2.88. The molecular formula is C11H17N. The van der Waals surface area contributed by atoms with E-state index >= 15 is 0 Å². The fourth-order valence-electron chi connectivity index (χ4n) is 1.21. The third-order valence-electron chi connectivity index (χ3n) is 2.45. The van der Waals surface area contributed by atoms with E-state index in [4.69, 9.17) is 5.73 Å². The van der Waals surface area contributed by atoms with Gasteiger partial charge >= 0.3 is 0 Å². The Labute approximate surface area is 74.6 Å². The van der Waals surface area contributed by atoms with Gasteiger partial charge in [-0.15, -0.1) is 0 Å². The Hall–Kier alpha value is -0.820. The molecule has 0 radical (unpaired) electrons. The zero-order chi connectivity index (χ0) is 9.14. The summed E-state index contributed by atoms with van der Waals surface area (Å²) in [5, 5.41) is 0. The number of aryl methyl sites for hydroxylation is 2. The first-order valence-corrected chi connectivity index (χ1v) is 4.42. The lowest BCUT2D eigenvalue weighted by molar-refractivity contribution is 0.773. The van der Waals surface area contributed by atoms with Crippen LogP contribution in [0.5, 0.6) is 0 Å². The molecule has 0 amide bonds. The Morgan fingerprint density at radius 1 is 1.25 bits per heavy atom. The third kappa shape index (κ3) is 1.86. The predicted octanol–water partition coefficient (Wildman–Crippen LogP) is 2.37. The summed E-state index contributed by atoms with van der Waals surface area (Å²) in [6.45, 7) is 7.15. The highest BCUT2D eigenvalue weighted by Gasteiger charge is 2.03. The lowest BCUT2D eigenvalue weighted by Crippen LogP contribution is -2.08. The van der Waals surface area contributed by atoms with Gasteiger partial charge in [-0.2, -0.15) is 0 Å². The molecule has 1 aromatic carbocycles. The van der Waals surface area contributed by atoms with Crippen LogP contribution in [-0.4, -0.2) is 6.54 Å². The lowest BCUT2D eigenvalue weighted by atomic mass is 9.97. The van der Waals surface area contributed by atoms with Gasteiger partial charge in [-0.05, 0) is 43.0 Å². The van der Waals surface area contributed by atoms with Crippen molar-refractivity contribution in [1.29, 1.82) is 0 Å². The number of hydrogen-bond acceptors (Lipinski definition) is 1. The van der Waals surface area contributed by atoms with E-state index in [2.05, 4.69) is 39.0 Å². The van der Waals surface area contributed by atoms with Crippen molar-refractivity contribution in [3.05, 3.63) is 34.9 Å². The molecule has 0 bridgehead atoms. The summed E-state index contributed by atoms with van der Waals surface area (Å²) in [4.78, 5) is 0. The molecule has 0 fully saturated rings. The zero-order valence-corrected chi connectivity index (χ0v) is 8.09. The molecule has 0 aliphatic carbocycles. The van der Waals surface area contributed by atoms with Gasteiger partial charge in [-0.3, -0.25) is 0 Å². The molecule has 0 saturated heterocycles. The summed E-state index contributed by atoms with van der Waals surface area (Å²) in [6.07, 6.45) is 0. The Balaban J connectivity index is 2.96. The number of rotatable bonds is 2. The highest BCUT2D eigenvalue weighted by Crippen LogP contribution is 2.17. The molecule has 1 heteroatoms. The Morgan fingerprint density at radius 2 is 1.92 bits per heavy atom. The van der Waals surface area contributed by atoms with E-state index in [1.54, 1.807) is 0 Å². The maximum atomic E-state index is 5.59. The molecule has 0 aliphatic rings. The van der Waals surface area contributed by atoms with Crippen molar-refractivity contribution in [1.82, 2.24) is 0 Å². The fourth-order valence-corrected chi connectivity index (χ4v) is 1.21. The number of hydrogen-bond donors (Lipinski definition) is 1. The van der Waals surface area contributed by atoms with E-state index in [1.807, 2.05) is 0 Å². The summed E-state index contributed by atoms with van der Waals surface area (Å²) in [5.74, 6) is 0.476. The van der Waals surface area contributed by atoms with E-state index in [9.17, 15) is 0 Å². The van der Waals surface area contributed by atoms with Gasteiger partial charge < -0.3 is 5.73 Å². The van der Waals surface area contributed by atoms with Crippen LogP contribution in [0, 0.1) is 13.8 Å². The first kappa shape index (κ1) is 9.27. The van der Waals surface area contributed by atoms with Crippen molar-refractivity contribution >= 4 is 0 Å². The maximum absolute atomic E-state index is 5.59. The van der Waals surface area contributed by atoms with Gasteiger partial charge in [-0.25, -0.2) is 0 Å². The van der Waals surface area contributed by atoms with Crippen LogP contribution in [0.3, 0.4) is 0 Å². The van der Waals surface area contributed by atoms with Crippen molar-refractivity contribution in [2.75, 3.05) is 6.54 Å². The molecule has 66 valence electrons. The van der Waals surface area contributed by atoms with Gasteiger partial charge in [0.05, 0.1) is 0 Å². The van der Waals surface area contributed by atoms with Gasteiger partial charge in [0.25, 0.3) is 0 Å². The van der Waals surface area contributed by atoms with Crippen LogP contribution in [0.4, 0.5) is 0 Å². The topological polar surface area (TPSA) is 26.0 Å². The largest absolute Gasteiger partial charge is 0.330 e. The minimum atomic E-state index is 0.476. The molecule has 2 N–H and O–H groups in total. The second-order valence-electron chi connectivity index (χ2n) is 3.48. The highest BCUT2D eigenvalue weighted by atomic mass is 14.5. The first-order valence-electron chi connectivity index (χ1n) is 4.42. The first-order chi connectivity index (χ1) is 5.65. The van der Waals surface area contributed by atoms with Gasteiger partial charge in [0.2, 0.25) is 0 Å². The van der Waals surface area contributed by atoms with Crippen LogP contribution in [0.15, 0.2) is 18.2 Å². The van der Waals surface area contributed by atoms with Crippen LogP contribution in [0.25, 0.3) is 0 Å². The van der Waals surface area contributed by atoms with Crippen LogP contribution in [-0.2, 0) is 0 Å². The van der Waals surface area contributed by atoms with Crippen LogP contribution in [0.2, 0.25) is 0 Å². The van der Waals surface area contributed by atoms with Crippen LogP contribution < -0.4 is 5.73 Å². The van der Waals surface area contributed by atoms with Crippen molar-refractivity contribution in [3.63, 3.8) is 0 Å². The van der Waals surface area contributed by atoms with Crippen LogP contribution >= 0.6 is 0 Å². The minimum absolute atomic E-state index is 0.476. The van der Waals surface area contributed by atoms with E-state index in [0.717, 1.165) is 6.54 Å². The Morgan fingerprint density at radius 3 is 2.42 bits per heavy atom. The molecule has 0 spiro atoms. The van der Waals surface area contributed by atoms with Crippen molar-refractivity contribution in [2.45, 2.75) is 26.7 Å². The second kappa shape index (κ2) is 3.72. The van der Waals surface area contributed by atoms with Crippen molar-refractivity contribution < 1.29 is 0 Å². The van der Waals surface area contributed by atoms with Gasteiger partial charge in [0.15, 0.2) is 0 Å². The molecule has 0 heterocycles. The van der Waals surface area contributed by atoms with E-state index in [1.165, 1.54) is 16.7 Å². The molecule has 1 rings (SSSR count). The molecule has 0 unspecified atom stereocenters. The molecule has 1 atom stereocenters. The highest BCUT2D eigenvalue weighted by molar-refractivity contribution is 5.31. The van der Waals surface area contributed by atoms with Gasteiger partial charge in [0, 0.05) is 0 Å². The molecule has 0 aliphatic heterocycles. The third-order valence-corrected chi connectivity index (χ3v) is 2.45. The standard InChI is InChI=1S/C11H17N/c1-8-4-5-11(6-9(8)2)10(3)7-12/h4-6,10H,7,12H2,1-3H3/t10-/m1/s1. The van der Waals surface area contributed by atoms with Gasteiger partial charge in [-0.1, -0.05) is 25.1 Å². The number of nitrogens with two attached hydrogens (primary N) is 1. The zero-order valence-electron chi connectivity index (χ0n) is 8.09. The SMILES string of the molecule is Cc1ccc([C@H](C)CN)cc1C. The molecular weight excluding hydrogens is 146 g/mol. The second-order valence-corrected chi connectivity index (χ2v) is 3.48. The summed E-state index contributed by atoms with van der Waals surface area (Å²) >= 11 is 0. The molecule has 1 aromatic rings. The van der Waals surface area contributed by atoms with E-state index in [0.29, 0.717) is 5.92 Å². The molecule has 0 saturated carbocycles. The summed E-state index contributed by atoms with van der Waals surface area (Å²) in [5.41, 5.74) is 9.64. The summed E-state index contributed by atoms with van der Waals surface area (Å²) in [7, 11) is 0. The smallest absolute Gasteiger partial charge is 0.00109 e. The van der Waals surface area contributed by atoms with Crippen LogP contribution in [0.1, 0.15) is 29.5 Å². The van der Waals surface area contributed by atoms with E-state index < -0.39 is 0 Å². The predicted molar refractivity (Wildman–Crippen MR) is 53.4 cm³/mol. The maximum Gasteiger partial charge on any atom is -0.00109 e. The van der Waals surface area contributed by atoms with Crippen molar-refractivity contribution in [3.8, 4) is 0 Å². The molecule has 1 nitrogen and oxygen atoms in total. The fraction of sp³-hybridized carbons (Fsp3) is 0.455. The average molecular weight is 163 g/mol. The Bertz CT molecular complexity index is 266. The number of benzene rings is 1. The quantitative estimate of drug-likeness (QED) is 0.711. The van der Waals surface area contributed by atoms with Gasteiger partial charge in [0.1, 0.15) is 0 Å². The normalized spacial score (nSPS) is 13.0. The lowest BCUT2D eigenvalue weighted by Gasteiger charge is -2.10. The molecule has 12 heavy (non-hydrogen) atoms. The monoisotopic (exact) mass is 163 g/mol. The average Bonchev–Trinajstić information content (AvgIpc) is 2.08. The summed E-state index contributed by atoms with van der Waals surface area (Å²) < 4.78 is 0.